The van der Waals surface area contributed by atoms with Crippen molar-refractivity contribution in [3.63, 3.8) is 0 Å². The molecule has 5 nitrogen and oxygen atoms in total. The molecule has 0 saturated heterocycles. The summed E-state index contributed by atoms with van der Waals surface area (Å²) in [7, 11) is 1.97. The molecule has 23 heavy (non-hydrogen) atoms. The van der Waals surface area contributed by atoms with Crippen LogP contribution in [0.15, 0.2) is 6.20 Å². The second-order valence-corrected chi connectivity index (χ2v) is 6.15. The van der Waals surface area contributed by atoms with Crippen LogP contribution in [-0.2, 0) is 32.7 Å². The summed E-state index contributed by atoms with van der Waals surface area (Å²) in [4.78, 5) is 9.43. The zero-order valence-electron chi connectivity index (χ0n) is 15.1. The number of aryl methyl sites for hydroxylation is 4. The van der Waals surface area contributed by atoms with Crippen molar-refractivity contribution in [1.82, 2.24) is 25.0 Å². The number of aromatic nitrogens is 5. The second kappa shape index (κ2) is 8.18. The molecule has 2 aromatic heterocycles. The van der Waals surface area contributed by atoms with Gasteiger partial charge in [0.25, 0.3) is 0 Å². The minimum absolute atomic E-state index is 0.431. The molecule has 2 rings (SSSR count). The maximum absolute atomic E-state index is 4.83. The van der Waals surface area contributed by atoms with Crippen molar-refractivity contribution >= 4 is 0 Å². The van der Waals surface area contributed by atoms with E-state index in [0.29, 0.717) is 5.92 Å². The lowest BCUT2D eigenvalue weighted by molar-refractivity contribution is 0.606. The molecule has 0 aliphatic heterocycles. The second-order valence-electron chi connectivity index (χ2n) is 6.15. The van der Waals surface area contributed by atoms with E-state index in [0.717, 1.165) is 61.3 Å². The standard InChI is InChI=1S/C18H29N5/c1-6-14-15(7-2)20-17(12-19-14)13(4)10-9-11-16-18(8-3)23(5)22-21-16/h12-13H,6-11H2,1-5H3. The third kappa shape index (κ3) is 4.15. The summed E-state index contributed by atoms with van der Waals surface area (Å²) in [6.07, 6.45) is 8.05. The van der Waals surface area contributed by atoms with Gasteiger partial charge in [0, 0.05) is 13.2 Å². The molecule has 1 unspecified atom stereocenters. The number of nitrogens with zero attached hydrogens (tertiary/aromatic N) is 5. The summed E-state index contributed by atoms with van der Waals surface area (Å²) in [5.41, 5.74) is 5.80. The predicted octanol–water partition coefficient (Wildman–Crippen LogP) is 3.42. The molecular weight excluding hydrogens is 286 g/mol. The van der Waals surface area contributed by atoms with E-state index < -0.39 is 0 Å². The van der Waals surface area contributed by atoms with Crippen LogP contribution in [0, 0.1) is 0 Å². The summed E-state index contributed by atoms with van der Waals surface area (Å²) < 4.78 is 1.89. The molecule has 0 aliphatic carbocycles. The quantitative estimate of drug-likeness (QED) is 0.749. The smallest absolute Gasteiger partial charge is 0.0858 e. The van der Waals surface area contributed by atoms with Crippen LogP contribution < -0.4 is 0 Å². The number of rotatable bonds is 8. The van der Waals surface area contributed by atoms with Gasteiger partial charge in [0.15, 0.2) is 0 Å². The van der Waals surface area contributed by atoms with E-state index in [9.17, 15) is 0 Å². The van der Waals surface area contributed by atoms with E-state index in [2.05, 4.69) is 43.0 Å². The highest BCUT2D eigenvalue weighted by atomic mass is 15.4. The summed E-state index contributed by atoms with van der Waals surface area (Å²) >= 11 is 0. The zero-order valence-corrected chi connectivity index (χ0v) is 15.1. The predicted molar refractivity (Wildman–Crippen MR) is 92.5 cm³/mol. The monoisotopic (exact) mass is 315 g/mol. The fraction of sp³-hybridized carbons (Fsp3) is 0.667. The lowest BCUT2D eigenvalue weighted by atomic mass is 9.99. The maximum atomic E-state index is 4.83. The van der Waals surface area contributed by atoms with Gasteiger partial charge in [0.2, 0.25) is 0 Å². The molecule has 0 aromatic carbocycles. The highest BCUT2D eigenvalue weighted by Gasteiger charge is 2.13. The van der Waals surface area contributed by atoms with Crippen molar-refractivity contribution in [2.24, 2.45) is 7.05 Å². The maximum Gasteiger partial charge on any atom is 0.0858 e. The van der Waals surface area contributed by atoms with E-state index in [1.54, 1.807) is 0 Å². The van der Waals surface area contributed by atoms with Gasteiger partial charge in [-0.3, -0.25) is 14.6 Å². The van der Waals surface area contributed by atoms with E-state index in [4.69, 9.17) is 4.98 Å². The van der Waals surface area contributed by atoms with Crippen LogP contribution in [-0.4, -0.2) is 25.0 Å². The summed E-state index contributed by atoms with van der Waals surface area (Å²) in [5.74, 6) is 0.431. The first-order valence-electron chi connectivity index (χ1n) is 8.82. The molecule has 1 atom stereocenters. The summed E-state index contributed by atoms with van der Waals surface area (Å²) in [6, 6.07) is 0. The Kier molecular flexibility index (Phi) is 6.25. The third-order valence-corrected chi connectivity index (χ3v) is 4.53. The molecule has 0 N–H and O–H groups in total. The Morgan fingerprint density at radius 2 is 1.78 bits per heavy atom. The van der Waals surface area contributed by atoms with Gasteiger partial charge in [-0.2, -0.15) is 0 Å². The van der Waals surface area contributed by atoms with Crippen LogP contribution >= 0.6 is 0 Å². The van der Waals surface area contributed by atoms with E-state index in [-0.39, 0.29) is 0 Å². The summed E-state index contributed by atoms with van der Waals surface area (Å²) in [6.45, 7) is 8.69. The molecule has 0 aliphatic rings. The molecule has 0 spiro atoms. The van der Waals surface area contributed by atoms with Gasteiger partial charge in [-0.15, -0.1) is 5.10 Å². The van der Waals surface area contributed by atoms with Gasteiger partial charge in [-0.1, -0.05) is 32.9 Å². The minimum atomic E-state index is 0.431. The van der Waals surface area contributed by atoms with E-state index in [1.807, 2.05) is 17.9 Å². The van der Waals surface area contributed by atoms with Crippen molar-refractivity contribution in [2.75, 3.05) is 0 Å². The Bertz CT molecular complexity index is 632. The van der Waals surface area contributed by atoms with Crippen LogP contribution in [0.2, 0.25) is 0 Å². The van der Waals surface area contributed by atoms with Crippen LogP contribution in [0.25, 0.3) is 0 Å². The largest absolute Gasteiger partial charge is 0.258 e. The zero-order chi connectivity index (χ0) is 16.8. The Balaban J connectivity index is 1.95. The molecule has 2 heterocycles. The number of hydrogen-bond donors (Lipinski definition) is 0. The van der Waals surface area contributed by atoms with Crippen molar-refractivity contribution in [1.29, 1.82) is 0 Å². The summed E-state index contributed by atoms with van der Waals surface area (Å²) in [5, 5.41) is 8.42. The van der Waals surface area contributed by atoms with Gasteiger partial charge >= 0.3 is 0 Å². The van der Waals surface area contributed by atoms with Crippen molar-refractivity contribution < 1.29 is 0 Å². The first-order chi connectivity index (χ1) is 11.1. The molecule has 5 heteroatoms. The van der Waals surface area contributed by atoms with Gasteiger partial charge in [0.05, 0.1) is 28.5 Å². The first-order valence-corrected chi connectivity index (χ1v) is 8.82. The molecule has 2 aromatic rings. The fourth-order valence-electron chi connectivity index (χ4n) is 3.05. The molecule has 0 amide bonds. The van der Waals surface area contributed by atoms with Crippen LogP contribution in [0.1, 0.15) is 74.9 Å². The molecule has 0 saturated carbocycles. The lowest BCUT2D eigenvalue weighted by Gasteiger charge is -2.13. The van der Waals surface area contributed by atoms with Crippen molar-refractivity contribution in [2.45, 2.75) is 72.1 Å². The molecule has 0 radical (unpaired) electrons. The molecule has 126 valence electrons. The first kappa shape index (κ1) is 17.6. The van der Waals surface area contributed by atoms with Gasteiger partial charge < -0.3 is 0 Å². The van der Waals surface area contributed by atoms with Crippen molar-refractivity contribution in [3.8, 4) is 0 Å². The lowest BCUT2D eigenvalue weighted by Crippen LogP contribution is -2.06. The van der Waals surface area contributed by atoms with E-state index in [1.165, 1.54) is 5.69 Å². The van der Waals surface area contributed by atoms with Crippen LogP contribution in [0.5, 0.6) is 0 Å². The Hall–Kier alpha value is -1.78. The molecule has 0 bridgehead atoms. The third-order valence-electron chi connectivity index (χ3n) is 4.53. The van der Waals surface area contributed by atoms with Crippen molar-refractivity contribution in [3.05, 3.63) is 34.7 Å². The van der Waals surface area contributed by atoms with Crippen LogP contribution in [0.3, 0.4) is 0 Å². The molecule has 0 fully saturated rings. The van der Waals surface area contributed by atoms with E-state index >= 15 is 0 Å². The topological polar surface area (TPSA) is 56.5 Å². The Morgan fingerprint density at radius 1 is 1.04 bits per heavy atom. The average Bonchev–Trinajstić information content (AvgIpc) is 2.93. The Morgan fingerprint density at radius 3 is 2.43 bits per heavy atom. The minimum Gasteiger partial charge on any atom is -0.258 e. The number of hydrogen-bond acceptors (Lipinski definition) is 4. The normalized spacial score (nSPS) is 12.6. The highest BCUT2D eigenvalue weighted by molar-refractivity contribution is 5.16. The van der Waals surface area contributed by atoms with Gasteiger partial charge in [-0.25, -0.2) is 0 Å². The fourth-order valence-corrected chi connectivity index (χ4v) is 3.05. The average molecular weight is 315 g/mol. The Labute approximate surface area is 139 Å². The highest BCUT2D eigenvalue weighted by Crippen LogP contribution is 2.21. The van der Waals surface area contributed by atoms with Gasteiger partial charge in [-0.05, 0) is 44.4 Å². The molecular formula is C18H29N5. The SMILES string of the molecule is CCc1ncc(C(C)CCCc2nnn(C)c2CC)nc1CC. The van der Waals surface area contributed by atoms with Gasteiger partial charge in [0.1, 0.15) is 0 Å². The van der Waals surface area contributed by atoms with Crippen LogP contribution in [0.4, 0.5) is 0 Å².